The van der Waals surface area contributed by atoms with E-state index in [-0.39, 0.29) is 18.5 Å². The Hall–Kier alpha value is -3.34. The molecule has 1 N–H and O–H groups in total. The minimum atomic E-state index is -2.71. The molecule has 0 radical (unpaired) electrons. The van der Waals surface area contributed by atoms with Crippen LogP contribution in [0.25, 0.3) is 0 Å². The molecule has 0 aliphatic carbocycles. The monoisotopic (exact) mass is 448 g/mol. The molecule has 2 aliphatic heterocycles. The molecule has 0 bridgehead atoms. The number of hydrogen-bond acceptors (Lipinski definition) is 6. The maximum Gasteiger partial charge on any atom is 0.324 e. The molecule has 0 saturated carbocycles. The minimum Gasteiger partial charge on any atom is -0.444 e. The summed E-state index contributed by atoms with van der Waals surface area (Å²) in [6.07, 6.45) is -2.75. The van der Waals surface area contributed by atoms with E-state index in [2.05, 4.69) is 20.4 Å². The van der Waals surface area contributed by atoms with Crippen LogP contribution in [0.15, 0.2) is 47.7 Å². The Labute approximate surface area is 183 Å². The first-order valence-electron chi connectivity index (χ1n) is 10.1. The van der Waals surface area contributed by atoms with Gasteiger partial charge < -0.3 is 14.5 Å². The number of carbonyl (C=O) groups is 1. The fourth-order valence-electron chi connectivity index (χ4n) is 3.40. The van der Waals surface area contributed by atoms with Gasteiger partial charge in [-0.2, -0.15) is 0 Å². The summed E-state index contributed by atoms with van der Waals surface area (Å²) in [5.74, 6) is -0.366. The van der Waals surface area contributed by atoms with Crippen molar-refractivity contribution in [3.63, 3.8) is 0 Å². The number of benzene rings is 1. The third kappa shape index (κ3) is 4.93. The van der Waals surface area contributed by atoms with E-state index in [9.17, 15) is 18.0 Å². The van der Waals surface area contributed by atoms with Crippen LogP contribution in [0, 0.1) is 5.82 Å². The molecule has 2 aliphatic rings. The maximum absolute atomic E-state index is 13.4. The summed E-state index contributed by atoms with van der Waals surface area (Å²) in [5, 5.41) is 3.76. The molecule has 170 valence electrons. The smallest absolute Gasteiger partial charge is 0.324 e. The highest BCUT2D eigenvalue weighted by Gasteiger charge is 2.29. The zero-order valence-electron chi connectivity index (χ0n) is 17.4. The Bertz CT molecular complexity index is 963. The Morgan fingerprint density at radius 1 is 1.19 bits per heavy atom. The van der Waals surface area contributed by atoms with E-state index in [0.29, 0.717) is 30.0 Å². The van der Waals surface area contributed by atoms with Gasteiger partial charge in [-0.05, 0) is 43.4 Å². The molecular formula is C21H23F3N6O2. The van der Waals surface area contributed by atoms with Crippen molar-refractivity contribution in [2.75, 3.05) is 38.1 Å². The number of nitrogens with zero attached hydrogens (tertiary/aromatic N) is 5. The van der Waals surface area contributed by atoms with Crippen molar-refractivity contribution >= 4 is 17.6 Å². The molecule has 1 atom stereocenters. The molecule has 1 aromatic carbocycles. The van der Waals surface area contributed by atoms with E-state index in [1.165, 1.54) is 18.3 Å². The van der Waals surface area contributed by atoms with Crippen LogP contribution in [0.4, 0.5) is 23.7 Å². The van der Waals surface area contributed by atoms with Crippen LogP contribution in [0.1, 0.15) is 11.3 Å². The highest BCUT2D eigenvalue weighted by molar-refractivity contribution is 5.94. The van der Waals surface area contributed by atoms with Crippen LogP contribution in [0.5, 0.6) is 0 Å². The lowest BCUT2D eigenvalue weighted by atomic mass is 10.2. The van der Waals surface area contributed by atoms with Crippen LogP contribution >= 0.6 is 0 Å². The van der Waals surface area contributed by atoms with Gasteiger partial charge in [0.05, 0.1) is 17.8 Å². The average molecular weight is 448 g/mol. The quantitative estimate of drug-likeness (QED) is 0.761. The van der Waals surface area contributed by atoms with Gasteiger partial charge in [0, 0.05) is 38.1 Å². The van der Waals surface area contributed by atoms with Crippen molar-refractivity contribution in [2.45, 2.75) is 19.2 Å². The lowest BCUT2D eigenvalue weighted by Gasteiger charge is -2.36. The van der Waals surface area contributed by atoms with E-state index < -0.39 is 18.5 Å². The fraction of sp³-hybridized carbons (Fsp3) is 0.381. The highest BCUT2D eigenvalue weighted by atomic mass is 19.3. The summed E-state index contributed by atoms with van der Waals surface area (Å²) in [4.78, 5) is 23.1. The van der Waals surface area contributed by atoms with Crippen molar-refractivity contribution < 1.29 is 22.7 Å². The number of ether oxygens (including phenoxy) is 1. The Morgan fingerprint density at radius 2 is 1.91 bits per heavy atom. The van der Waals surface area contributed by atoms with Crippen molar-refractivity contribution in [3.05, 3.63) is 59.7 Å². The molecule has 4 rings (SSSR count). The molecule has 1 fully saturated rings. The second-order valence-electron chi connectivity index (χ2n) is 7.59. The zero-order valence-corrected chi connectivity index (χ0v) is 17.4. The standard InChI is InChI=1S/C21H23F3N6O2/c1-28-8-10-29(11-9-28)21(31)30(17-6-3-15(22)4-7-17)13-16-5-2-14(12-25-16)19-26-27-20(32-19)18(23)24/h2-7,12,18,20,27H,8-11,13H2,1H3. The Kier molecular flexibility index (Phi) is 6.45. The number of hydrazone groups is 1. The number of carbonyl (C=O) groups excluding carboxylic acids is 1. The Balaban J connectivity index is 1.51. The van der Waals surface area contributed by atoms with Crippen molar-refractivity contribution in [3.8, 4) is 0 Å². The van der Waals surface area contributed by atoms with E-state index >= 15 is 0 Å². The molecule has 1 aromatic heterocycles. The minimum absolute atomic E-state index is 0.0262. The van der Waals surface area contributed by atoms with Crippen molar-refractivity contribution in [1.29, 1.82) is 0 Å². The number of hydrogen-bond donors (Lipinski definition) is 1. The molecule has 1 saturated heterocycles. The van der Waals surface area contributed by atoms with E-state index in [0.717, 1.165) is 13.1 Å². The SMILES string of the molecule is CN1CCN(C(=O)N(Cc2ccc(C3=NNC(C(F)F)O3)cn2)c2ccc(F)cc2)CC1. The van der Waals surface area contributed by atoms with Crippen molar-refractivity contribution in [2.24, 2.45) is 5.10 Å². The number of likely N-dealkylation sites (N-methyl/N-ethyl adjacent to an activating group) is 1. The summed E-state index contributed by atoms with van der Waals surface area (Å²) in [7, 11) is 2.00. The molecule has 2 aromatic rings. The molecule has 0 spiro atoms. The molecule has 1 unspecified atom stereocenters. The second kappa shape index (κ2) is 9.43. The van der Waals surface area contributed by atoms with Gasteiger partial charge in [-0.25, -0.2) is 18.0 Å². The number of pyridine rings is 1. The summed E-state index contributed by atoms with van der Waals surface area (Å²) in [5.41, 5.74) is 3.78. The summed E-state index contributed by atoms with van der Waals surface area (Å²) in [6.45, 7) is 2.88. The summed E-state index contributed by atoms with van der Waals surface area (Å²) in [6, 6.07) is 8.83. The largest absolute Gasteiger partial charge is 0.444 e. The first kappa shape index (κ1) is 21.9. The second-order valence-corrected chi connectivity index (χ2v) is 7.59. The van der Waals surface area contributed by atoms with Gasteiger partial charge in [-0.1, -0.05) is 0 Å². The first-order valence-corrected chi connectivity index (χ1v) is 10.1. The topological polar surface area (TPSA) is 73.3 Å². The van der Waals surface area contributed by atoms with Gasteiger partial charge in [0.15, 0.2) is 0 Å². The lowest BCUT2D eigenvalue weighted by molar-refractivity contribution is 0.000580. The van der Waals surface area contributed by atoms with Gasteiger partial charge in [-0.15, -0.1) is 5.10 Å². The van der Waals surface area contributed by atoms with Crippen LogP contribution in [-0.4, -0.2) is 72.6 Å². The number of aromatic nitrogens is 1. The van der Waals surface area contributed by atoms with Gasteiger partial charge >= 0.3 is 6.03 Å². The zero-order chi connectivity index (χ0) is 22.7. The average Bonchev–Trinajstić information content (AvgIpc) is 3.29. The van der Waals surface area contributed by atoms with E-state index in [4.69, 9.17) is 4.74 Å². The van der Waals surface area contributed by atoms with Crippen molar-refractivity contribution in [1.82, 2.24) is 20.2 Å². The molecule has 2 amide bonds. The number of piperazine rings is 1. The number of nitrogens with one attached hydrogen (secondary N) is 1. The third-order valence-corrected chi connectivity index (χ3v) is 5.30. The van der Waals surface area contributed by atoms with Gasteiger partial charge in [0.2, 0.25) is 12.1 Å². The van der Waals surface area contributed by atoms with Crippen LogP contribution in [-0.2, 0) is 11.3 Å². The number of rotatable bonds is 5. The lowest BCUT2D eigenvalue weighted by Crippen LogP contribution is -2.52. The molecule has 8 nitrogen and oxygen atoms in total. The van der Waals surface area contributed by atoms with Crippen LogP contribution in [0.2, 0.25) is 0 Å². The first-order chi connectivity index (χ1) is 15.4. The number of urea groups is 1. The van der Waals surface area contributed by atoms with Gasteiger partial charge in [0.25, 0.3) is 6.43 Å². The molecular weight excluding hydrogens is 425 g/mol. The fourth-order valence-corrected chi connectivity index (χ4v) is 3.40. The highest BCUT2D eigenvalue weighted by Crippen LogP contribution is 2.21. The van der Waals surface area contributed by atoms with E-state index in [1.54, 1.807) is 34.1 Å². The molecule has 11 heteroatoms. The number of anilines is 1. The third-order valence-electron chi connectivity index (χ3n) is 5.30. The van der Waals surface area contributed by atoms with Crippen LogP contribution < -0.4 is 10.3 Å². The predicted octanol–water partition coefficient (Wildman–Crippen LogP) is 2.47. The summed E-state index contributed by atoms with van der Waals surface area (Å²) >= 11 is 0. The maximum atomic E-state index is 13.4. The normalized spacial score (nSPS) is 18.8. The summed E-state index contributed by atoms with van der Waals surface area (Å²) < 4.78 is 44.0. The number of amides is 2. The Morgan fingerprint density at radius 3 is 2.50 bits per heavy atom. The number of halogens is 3. The molecule has 3 heterocycles. The predicted molar refractivity (Wildman–Crippen MR) is 112 cm³/mol. The molecule has 32 heavy (non-hydrogen) atoms. The number of alkyl halides is 2. The van der Waals surface area contributed by atoms with E-state index in [1.807, 2.05) is 7.05 Å². The van der Waals surface area contributed by atoms with Gasteiger partial charge in [0.1, 0.15) is 5.82 Å². The van der Waals surface area contributed by atoms with Gasteiger partial charge in [-0.3, -0.25) is 15.3 Å². The van der Waals surface area contributed by atoms with Crippen LogP contribution in [0.3, 0.4) is 0 Å².